The minimum absolute atomic E-state index is 0.0554. The Kier molecular flexibility index (Phi) is 6.42. The van der Waals surface area contributed by atoms with E-state index in [1.807, 2.05) is 26.8 Å². The van der Waals surface area contributed by atoms with Crippen LogP contribution < -0.4 is 14.8 Å². The molecule has 3 aromatic carbocycles. The van der Waals surface area contributed by atoms with Crippen LogP contribution in [-0.4, -0.2) is 20.4 Å². The Hall–Kier alpha value is -3.32. The van der Waals surface area contributed by atoms with Gasteiger partial charge in [-0.15, -0.1) is 0 Å². The molecule has 0 aliphatic carbocycles. The molecular weight excluding hydrogens is 400 g/mol. The Bertz CT molecular complexity index is 1120. The fourth-order valence-electron chi connectivity index (χ4n) is 2.80. The first-order chi connectivity index (χ1) is 14.2. The summed E-state index contributed by atoms with van der Waals surface area (Å²) in [5, 5.41) is 2.76. The summed E-state index contributed by atoms with van der Waals surface area (Å²) in [5.41, 5.74) is 2.43. The van der Waals surface area contributed by atoms with Crippen LogP contribution in [0.15, 0.2) is 77.7 Å². The van der Waals surface area contributed by atoms with Crippen molar-refractivity contribution in [3.8, 4) is 5.75 Å². The number of hydrogen-bond donors (Lipinski definition) is 2. The first kappa shape index (κ1) is 21.4. The average Bonchev–Trinajstić information content (AvgIpc) is 2.68. The molecule has 0 aliphatic rings. The molecule has 0 saturated heterocycles. The highest BCUT2D eigenvalue weighted by Gasteiger charge is 2.15. The summed E-state index contributed by atoms with van der Waals surface area (Å²) in [6, 6.07) is 20.0. The number of ether oxygens (including phenoxy) is 1. The van der Waals surface area contributed by atoms with Crippen molar-refractivity contribution in [2.75, 3.05) is 10.0 Å². The molecule has 3 rings (SSSR count). The molecule has 0 saturated carbocycles. The Balaban J connectivity index is 1.67. The van der Waals surface area contributed by atoms with E-state index in [4.69, 9.17) is 4.74 Å². The molecule has 3 aromatic rings. The van der Waals surface area contributed by atoms with Crippen LogP contribution >= 0.6 is 0 Å². The third kappa shape index (κ3) is 5.61. The second-order valence-corrected chi connectivity index (χ2v) is 8.83. The lowest BCUT2D eigenvalue weighted by atomic mass is 10.2. The van der Waals surface area contributed by atoms with Crippen molar-refractivity contribution >= 4 is 27.3 Å². The number of nitrogens with one attached hydrogen (secondary N) is 2. The number of amides is 1. The maximum atomic E-state index is 12.6. The SMILES string of the molecule is Cc1cccc(NS(=O)(=O)c2ccc(NC(=O)c3ccc(OC(C)C)cc3)cc2)c1. The van der Waals surface area contributed by atoms with Gasteiger partial charge in [-0.3, -0.25) is 9.52 Å². The van der Waals surface area contributed by atoms with E-state index in [0.29, 0.717) is 22.7 Å². The standard InChI is InChI=1S/C23H24N2O4S/c1-16(2)29-21-11-7-18(8-12-21)23(26)24-19-9-13-22(14-10-19)30(27,28)25-20-6-4-5-17(3)15-20/h4-16,25H,1-3H3,(H,24,26). The number of benzene rings is 3. The molecule has 0 aliphatic heterocycles. The molecule has 30 heavy (non-hydrogen) atoms. The van der Waals surface area contributed by atoms with Crippen molar-refractivity contribution in [1.82, 2.24) is 0 Å². The lowest BCUT2D eigenvalue weighted by molar-refractivity contribution is 0.102. The van der Waals surface area contributed by atoms with E-state index in [0.717, 1.165) is 5.56 Å². The van der Waals surface area contributed by atoms with Crippen molar-refractivity contribution in [2.24, 2.45) is 0 Å². The minimum Gasteiger partial charge on any atom is -0.491 e. The van der Waals surface area contributed by atoms with E-state index in [-0.39, 0.29) is 16.9 Å². The van der Waals surface area contributed by atoms with E-state index in [2.05, 4.69) is 10.0 Å². The van der Waals surface area contributed by atoms with Crippen molar-refractivity contribution in [3.63, 3.8) is 0 Å². The molecule has 7 heteroatoms. The van der Waals surface area contributed by atoms with E-state index in [1.165, 1.54) is 12.1 Å². The van der Waals surface area contributed by atoms with Gasteiger partial charge < -0.3 is 10.1 Å². The lowest BCUT2D eigenvalue weighted by Crippen LogP contribution is -2.14. The molecular formula is C23H24N2O4S. The molecule has 0 bridgehead atoms. The normalized spacial score (nSPS) is 11.2. The smallest absolute Gasteiger partial charge is 0.261 e. The summed E-state index contributed by atoms with van der Waals surface area (Å²) >= 11 is 0. The van der Waals surface area contributed by atoms with Crippen molar-refractivity contribution in [3.05, 3.63) is 83.9 Å². The predicted molar refractivity (Wildman–Crippen MR) is 119 cm³/mol. The van der Waals surface area contributed by atoms with Crippen LogP contribution in [0.3, 0.4) is 0 Å². The number of carbonyl (C=O) groups is 1. The summed E-state index contributed by atoms with van der Waals surface area (Å²) in [6.45, 7) is 5.75. The van der Waals surface area contributed by atoms with Gasteiger partial charge in [0.15, 0.2) is 0 Å². The lowest BCUT2D eigenvalue weighted by Gasteiger charge is -2.11. The summed E-state index contributed by atoms with van der Waals surface area (Å²) in [5.74, 6) is 0.400. The Morgan fingerprint density at radius 3 is 2.17 bits per heavy atom. The van der Waals surface area contributed by atoms with Gasteiger partial charge >= 0.3 is 0 Å². The topological polar surface area (TPSA) is 84.5 Å². The molecule has 156 valence electrons. The van der Waals surface area contributed by atoms with E-state index >= 15 is 0 Å². The number of anilines is 2. The van der Waals surface area contributed by atoms with E-state index in [9.17, 15) is 13.2 Å². The van der Waals surface area contributed by atoms with Gasteiger partial charge in [0, 0.05) is 16.9 Å². The fraction of sp³-hybridized carbons (Fsp3) is 0.174. The number of carbonyl (C=O) groups excluding carboxylic acids is 1. The van der Waals surface area contributed by atoms with Crippen LogP contribution in [0.25, 0.3) is 0 Å². The highest BCUT2D eigenvalue weighted by atomic mass is 32.2. The van der Waals surface area contributed by atoms with E-state index in [1.54, 1.807) is 54.6 Å². The second kappa shape index (κ2) is 9.00. The van der Waals surface area contributed by atoms with E-state index < -0.39 is 10.0 Å². The maximum Gasteiger partial charge on any atom is 0.261 e. The molecule has 0 unspecified atom stereocenters. The monoisotopic (exact) mass is 424 g/mol. The molecule has 0 heterocycles. The quantitative estimate of drug-likeness (QED) is 0.569. The molecule has 0 fully saturated rings. The summed E-state index contributed by atoms with van der Waals surface area (Å²) in [6.07, 6.45) is 0.0554. The molecule has 1 amide bonds. The molecule has 0 aromatic heterocycles. The molecule has 0 spiro atoms. The van der Waals surface area contributed by atoms with Crippen LogP contribution in [0.2, 0.25) is 0 Å². The molecule has 2 N–H and O–H groups in total. The molecule has 0 radical (unpaired) electrons. The third-order valence-corrected chi connectivity index (χ3v) is 5.58. The van der Waals surface area contributed by atoms with Gasteiger partial charge in [-0.1, -0.05) is 12.1 Å². The van der Waals surface area contributed by atoms with Crippen molar-refractivity contribution < 1.29 is 17.9 Å². The first-order valence-corrected chi connectivity index (χ1v) is 11.0. The number of sulfonamides is 1. The van der Waals surface area contributed by atoms with Gasteiger partial charge in [0.1, 0.15) is 5.75 Å². The van der Waals surface area contributed by atoms with Crippen LogP contribution in [0, 0.1) is 6.92 Å². The highest BCUT2D eigenvalue weighted by Crippen LogP contribution is 2.20. The van der Waals surface area contributed by atoms with Crippen molar-refractivity contribution in [2.45, 2.75) is 31.8 Å². The zero-order valence-electron chi connectivity index (χ0n) is 17.0. The highest BCUT2D eigenvalue weighted by molar-refractivity contribution is 7.92. The van der Waals surface area contributed by atoms with Crippen LogP contribution in [0.1, 0.15) is 29.8 Å². The summed E-state index contributed by atoms with van der Waals surface area (Å²) in [7, 11) is -3.72. The summed E-state index contributed by atoms with van der Waals surface area (Å²) in [4.78, 5) is 12.5. The number of aryl methyl sites for hydroxylation is 1. The Labute approximate surface area is 177 Å². The Morgan fingerprint density at radius 2 is 1.57 bits per heavy atom. The van der Waals surface area contributed by atoms with Crippen molar-refractivity contribution in [1.29, 1.82) is 0 Å². The molecule has 6 nitrogen and oxygen atoms in total. The van der Waals surface area contributed by atoms with Crippen LogP contribution in [0.5, 0.6) is 5.75 Å². The largest absolute Gasteiger partial charge is 0.491 e. The fourth-order valence-corrected chi connectivity index (χ4v) is 3.85. The second-order valence-electron chi connectivity index (χ2n) is 7.14. The zero-order valence-corrected chi connectivity index (χ0v) is 17.9. The van der Waals surface area contributed by atoms with Gasteiger partial charge in [0.05, 0.1) is 11.0 Å². The van der Waals surface area contributed by atoms with Gasteiger partial charge in [0.2, 0.25) is 0 Å². The zero-order chi connectivity index (χ0) is 21.7. The van der Waals surface area contributed by atoms with Crippen LogP contribution in [0.4, 0.5) is 11.4 Å². The third-order valence-electron chi connectivity index (χ3n) is 4.18. The predicted octanol–water partition coefficient (Wildman–Crippen LogP) is 4.84. The Morgan fingerprint density at radius 1 is 0.900 bits per heavy atom. The first-order valence-electron chi connectivity index (χ1n) is 9.50. The summed E-state index contributed by atoms with van der Waals surface area (Å²) < 4.78 is 33.3. The average molecular weight is 425 g/mol. The van der Waals surface area contributed by atoms with Gasteiger partial charge in [-0.25, -0.2) is 8.42 Å². The van der Waals surface area contributed by atoms with Gasteiger partial charge in [-0.2, -0.15) is 0 Å². The minimum atomic E-state index is -3.72. The molecule has 0 atom stereocenters. The number of rotatable bonds is 7. The maximum absolute atomic E-state index is 12.6. The number of hydrogen-bond acceptors (Lipinski definition) is 4. The van der Waals surface area contributed by atoms with Gasteiger partial charge in [-0.05, 0) is 87.0 Å². The van der Waals surface area contributed by atoms with Crippen LogP contribution in [-0.2, 0) is 10.0 Å². The van der Waals surface area contributed by atoms with Gasteiger partial charge in [0.25, 0.3) is 15.9 Å².